The summed E-state index contributed by atoms with van der Waals surface area (Å²) in [5.41, 5.74) is 0. The normalized spacial score (nSPS) is 13.9. The molecule has 0 aliphatic carbocycles. The second-order valence-electron chi connectivity index (χ2n) is 7.24. The number of carbonyl (C=O) groups is 2. The molecule has 0 fully saturated rings. The summed E-state index contributed by atoms with van der Waals surface area (Å²) in [6, 6.07) is 0. The van der Waals surface area contributed by atoms with E-state index in [1.807, 2.05) is 0 Å². The molecule has 8 nitrogen and oxygen atoms in total. The van der Waals surface area contributed by atoms with Crippen LogP contribution in [0.25, 0.3) is 0 Å². The Kier molecular flexibility index (Phi) is 14.1. The molecule has 0 aliphatic heterocycles. The Bertz CT molecular complexity index is 546. The highest BCUT2D eigenvalue weighted by Crippen LogP contribution is 2.26. The van der Waals surface area contributed by atoms with Gasteiger partial charge in [0.2, 0.25) is 4.75 Å². The van der Waals surface area contributed by atoms with Gasteiger partial charge in [-0.25, -0.2) is 0 Å². The number of aliphatic carboxylic acids is 2. The zero-order chi connectivity index (χ0) is 21.5. The van der Waals surface area contributed by atoms with Crippen LogP contribution in [0.4, 0.5) is 0 Å². The second kappa shape index (κ2) is 14.8. The first-order chi connectivity index (χ1) is 13.2. The van der Waals surface area contributed by atoms with Gasteiger partial charge in [0.15, 0.2) is 0 Å². The van der Waals surface area contributed by atoms with Crippen LogP contribution in [0.2, 0.25) is 0 Å². The molecule has 0 aromatic rings. The molecule has 0 aliphatic rings. The molecular weight excluding hydrogens is 388 g/mol. The summed E-state index contributed by atoms with van der Waals surface area (Å²) in [7, 11) is -5.10. The van der Waals surface area contributed by atoms with Crippen LogP contribution in [-0.2, 0) is 24.4 Å². The van der Waals surface area contributed by atoms with Gasteiger partial charge in [-0.3, -0.25) is 14.1 Å². The van der Waals surface area contributed by atoms with Crippen LogP contribution in [0.1, 0.15) is 90.4 Å². The van der Waals surface area contributed by atoms with Crippen molar-refractivity contribution in [2.45, 2.75) is 95.1 Å². The van der Waals surface area contributed by atoms with Crippen LogP contribution >= 0.6 is 0 Å². The van der Waals surface area contributed by atoms with E-state index in [0.29, 0.717) is 6.61 Å². The summed E-state index contributed by atoms with van der Waals surface area (Å²) in [5.74, 6) is -3.51. The Hall–Kier alpha value is -1.19. The van der Waals surface area contributed by atoms with Gasteiger partial charge in [-0.2, -0.15) is 8.42 Å². The minimum Gasteiger partial charge on any atom is -0.481 e. The third kappa shape index (κ3) is 11.0. The van der Waals surface area contributed by atoms with E-state index in [0.717, 1.165) is 25.7 Å². The van der Waals surface area contributed by atoms with Crippen molar-refractivity contribution in [1.82, 2.24) is 0 Å². The molecule has 0 saturated carbocycles. The quantitative estimate of drug-likeness (QED) is 0.210. The fraction of sp³-hybridized carbons (Fsp3) is 0.895. The molecule has 0 bridgehead atoms. The second-order valence-corrected chi connectivity index (χ2v) is 8.97. The average Bonchev–Trinajstić information content (AvgIpc) is 2.59. The van der Waals surface area contributed by atoms with Crippen LogP contribution in [-0.4, -0.2) is 53.1 Å². The van der Waals surface area contributed by atoms with Crippen LogP contribution in [0, 0.1) is 0 Å². The lowest BCUT2D eigenvalue weighted by molar-refractivity contribution is -0.147. The summed E-state index contributed by atoms with van der Waals surface area (Å²) in [6.07, 6.45) is 11.1. The van der Waals surface area contributed by atoms with E-state index in [2.05, 4.69) is 6.92 Å². The SMILES string of the molecule is CCCCCCCCCCCCCOCCC(CC(=O)O)(C(=O)O)S(=O)(=O)O. The number of rotatable bonds is 19. The first-order valence-electron chi connectivity index (χ1n) is 10.2. The molecule has 1 atom stereocenters. The maximum absolute atomic E-state index is 11.5. The van der Waals surface area contributed by atoms with Gasteiger partial charge in [0.1, 0.15) is 0 Å². The van der Waals surface area contributed by atoms with Crippen molar-refractivity contribution in [2.24, 2.45) is 0 Å². The smallest absolute Gasteiger partial charge is 0.328 e. The lowest BCUT2D eigenvalue weighted by atomic mass is 10.0. The Balaban J connectivity index is 3.93. The molecule has 0 aromatic heterocycles. The number of unbranched alkanes of at least 4 members (excludes halogenated alkanes) is 10. The molecule has 0 saturated heterocycles. The van der Waals surface area contributed by atoms with Crippen LogP contribution in [0.3, 0.4) is 0 Å². The predicted molar refractivity (Wildman–Crippen MR) is 106 cm³/mol. The molecule has 9 heteroatoms. The molecule has 0 aromatic carbocycles. The first kappa shape index (κ1) is 26.8. The van der Waals surface area contributed by atoms with E-state index in [4.69, 9.17) is 14.9 Å². The van der Waals surface area contributed by atoms with Crippen molar-refractivity contribution in [3.63, 3.8) is 0 Å². The predicted octanol–water partition coefficient (Wildman–Crippen LogP) is 3.89. The van der Waals surface area contributed by atoms with Gasteiger partial charge in [0.25, 0.3) is 10.1 Å². The standard InChI is InChI=1S/C19H36O8S/c1-2-3-4-5-6-7-8-9-10-11-12-14-27-15-13-19(18(22)23,16-17(20)21)28(24,25)26/h2-16H2,1H3,(H,20,21)(H,22,23)(H,24,25,26). The van der Waals surface area contributed by atoms with Gasteiger partial charge < -0.3 is 14.9 Å². The van der Waals surface area contributed by atoms with Gasteiger partial charge in [-0.1, -0.05) is 71.1 Å². The zero-order valence-electron chi connectivity index (χ0n) is 16.9. The van der Waals surface area contributed by atoms with E-state index in [1.165, 1.54) is 44.9 Å². The average molecular weight is 425 g/mol. The summed E-state index contributed by atoms with van der Waals surface area (Å²) in [6.45, 7) is 2.29. The molecule has 0 rings (SSSR count). The number of carboxylic acids is 2. The lowest BCUT2D eigenvalue weighted by Gasteiger charge is -2.24. The summed E-state index contributed by atoms with van der Waals surface area (Å²) in [4.78, 5) is 22.1. The van der Waals surface area contributed by atoms with Gasteiger partial charge in [-0.05, 0) is 6.42 Å². The molecule has 166 valence electrons. The molecule has 28 heavy (non-hydrogen) atoms. The fourth-order valence-electron chi connectivity index (χ4n) is 3.05. The van der Waals surface area contributed by atoms with Crippen LogP contribution < -0.4 is 0 Å². The largest absolute Gasteiger partial charge is 0.481 e. The molecule has 0 spiro atoms. The van der Waals surface area contributed by atoms with E-state index < -0.39 is 39.6 Å². The van der Waals surface area contributed by atoms with Crippen LogP contribution in [0.5, 0.6) is 0 Å². The lowest BCUT2D eigenvalue weighted by Crippen LogP contribution is -2.48. The Morgan fingerprint density at radius 3 is 1.68 bits per heavy atom. The highest BCUT2D eigenvalue weighted by molar-refractivity contribution is 7.88. The summed E-state index contributed by atoms with van der Waals surface area (Å²) < 4.78 is 34.6. The molecule has 0 radical (unpaired) electrons. The highest BCUT2D eigenvalue weighted by Gasteiger charge is 2.52. The van der Waals surface area contributed by atoms with Crippen LogP contribution in [0.15, 0.2) is 0 Å². The fourth-order valence-corrected chi connectivity index (χ4v) is 3.92. The molecule has 3 N–H and O–H groups in total. The van der Waals surface area contributed by atoms with E-state index >= 15 is 0 Å². The maximum Gasteiger partial charge on any atom is 0.328 e. The van der Waals surface area contributed by atoms with Gasteiger partial charge in [-0.15, -0.1) is 0 Å². The minimum absolute atomic E-state index is 0.253. The number of hydrogen-bond donors (Lipinski definition) is 3. The van der Waals surface area contributed by atoms with Gasteiger partial charge in [0, 0.05) is 19.6 Å². The summed E-state index contributed by atoms with van der Waals surface area (Å²) >= 11 is 0. The monoisotopic (exact) mass is 424 g/mol. The van der Waals surface area contributed by atoms with Crippen molar-refractivity contribution in [3.05, 3.63) is 0 Å². The molecule has 1 unspecified atom stereocenters. The van der Waals surface area contributed by atoms with E-state index in [9.17, 15) is 22.6 Å². The van der Waals surface area contributed by atoms with Crippen molar-refractivity contribution in [1.29, 1.82) is 0 Å². The molecule has 0 amide bonds. The third-order valence-corrected chi connectivity index (χ3v) is 6.37. The van der Waals surface area contributed by atoms with Crippen molar-refractivity contribution < 1.29 is 37.5 Å². The minimum atomic E-state index is -5.10. The number of ether oxygens (including phenoxy) is 1. The first-order valence-corrected chi connectivity index (χ1v) is 11.6. The Labute approximate surface area is 168 Å². The molecular formula is C19H36O8S. The third-order valence-electron chi connectivity index (χ3n) is 4.86. The van der Waals surface area contributed by atoms with Gasteiger partial charge in [0.05, 0.1) is 6.42 Å². The van der Waals surface area contributed by atoms with E-state index in [1.54, 1.807) is 0 Å². The Morgan fingerprint density at radius 2 is 1.29 bits per heavy atom. The Morgan fingerprint density at radius 1 is 0.821 bits per heavy atom. The van der Waals surface area contributed by atoms with Gasteiger partial charge >= 0.3 is 11.9 Å². The maximum atomic E-state index is 11.5. The zero-order valence-corrected chi connectivity index (χ0v) is 17.7. The van der Waals surface area contributed by atoms with E-state index in [-0.39, 0.29) is 6.61 Å². The highest BCUT2D eigenvalue weighted by atomic mass is 32.2. The number of carboxylic acid groups (broad SMARTS) is 2. The summed E-state index contributed by atoms with van der Waals surface area (Å²) in [5, 5.41) is 18.0. The number of hydrogen-bond acceptors (Lipinski definition) is 5. The van der Waals surface area contributed by atoms with Crippen molar-refractivity contribution in [2.75, 3.05) is 13.2 Å². The van der Waals surface area contributed by atoms with Crippen molar-refractivity contribution in [3.8, 4) is 0 Å². The van der Waals surface area contributed by atoms with Crippen molar-refractivity contribution >= 4 is 22.1 Å². The molecule has 0 heterocycles. The topological polar surface area (TPSA) is 138 Å².